The minimum atomic E-state index is -3.90. The number of carbonyl (C=O) groups excluding carboxylic acids is 1. The molecule has 0 aliphatic carbocycles. The molecule has 8 nitrogen and oxygen atoms in total. The molecule has 1 saturated heterocycles. The first-order chi connectivity index (χ1) is 15.8. The van der Waals surface area contributed by atoms with Crippen molar-refractivity contribution in [2.45, 2.75) is 37.0 Å². The summed E-state index contributed by atoms with van der Waals surface area (Å²) in [7, 11) is -0.765. The number of carbonyl (C=O) groups is 1. The van der Waals surface area contributed by atoms with E-state index < -0.39 is 15.9 Å². The fourth-order valence-corrected chi connectivity index (χ4v) is 5.63. The normalized spacial score (nSPS) is 16.7. The number of nitrogens with one attached hydrogen (secondary N) is 1. The summed E-state index contributed by atoms with van der Waals surface area (Å²) in [4.78, 5) is 14.8. The molecule has 0 unspecified atom stereocenters. The van der Waals surface area contributed by atoms with Crippen LogP contribution in [0.3, 0.4) is 0 Å². The van der Waals surface area contributed by atoms with Crippen molar-refractivity contribution >= 4 is 39.1 Å². The van der Waals surface area contributed by atoms with E-state index in [2.05, 4.69) is 9.71 Å². The molecule has 2 aliphatic heterocycles. The standard InChI is InChI=1S/C23H26ClN3O5S/c1-31-19-8-7-15(12-20(19)32-2)9-10-25-23(28)16-13-21-18(14-17(16)24)27-11-5-3-4-6-22(27)26-33(21,29)30/h7-8,12-14H,3-6,9-11H2,1-2H3,(H,25,28). The number of sulfonamides is 1. The molecule has 0 aromatic heterocycles. The highest BCUT2D eigenvalue weighted by atomic mass is 35.5. The van der Waals surface area contributed by atoms with Gasteiger partial charge in [-0.3, -0.25) is 4.79 Å². The van der Waals surface area contributed by atoms with Gasteiger partial charge < -0.3 is 19.7 Å². The number of anilines is 1. The Morgan fingerprint density at radius 2 is 1.91 bits per heavy atom. The number of ether oxygens (including phenoxy) is 2. The molecular weight excluding hydrogens is 466 g/mol. The maximum Gasteiger partial charge on any atom is 0.286 e. The van der Waals surface area contributed by atoms with Gasteiger partial charge in [-0.15, -0.1) is 4.40 Å². The minimum absolute atomic E-state index is 0.0163. The Hall–Kier alpha value is -2.78. The zero-order valence-electron chi connectivity index (χ0n) is 18.6. The second-order valence-corrected chi connectivity index (χ2v) is 9.92. The molecule has 2 aromatic carbocycles. The van der Waals surface area contributed by atoms with E-state index in [9.17, 15) is 13.2 Å². The highest BCUT2D eigenvalue weighted by Crippen LogP contribution is 2.38. The molecular formula is C23H26ClN3O5S. The Labute approximate surface area is 198 Å². The van der Waals surface area contributed by atoms with Gasteiger partial charge in [0.2, 0.25) is 0 Å². The number of halogens is 1. The summed E-state index contributed by atoms with van der Waals surface area (Å²) in [6.45, 7) is 1.01. The van der Waals surface area contributed by atoms with Crippen molar-refractivity contribution in [3.63, 3.8) is 0 Å². The van der Waals surface area contributed by atoms with Crippen LogP contribution in [0.5, 0.6) is 11.5 Å². The molecule has 1 amide bonds. The van der Waals surface area contributed by atoms with Gasteiger partial charge in [-0.1, -0.05) is 24.1 Å². The second kappa shape index (κ2) is 9.61. The van der Waals surface area contributed by atoms with Crippen LogP contribution < -0.4 is 19.7 Å². The van der Waals surface area contributed by atoms with Crippen molar-refractivity contribution in [1.29, 1.82) is 0 Å². The Bertz CT molecular complexity index is 1210. The van der Waals surface area contributed by atoms with Gasteiger partial charge in [-0.2, -0.15) is 8.42 Å². The number of rotatable bonds is 6. The molecule has 2 aliphatic rings. The predicted molar refractivity (Wildman–Crippen MR) is 127 cm³/mol. The maximum absolute atomic E-state index is 12.8. The third kappa shape index (κ3) is 4.79. The first-order valence-corrected chi connectivity index (χ1v) is 12.6. The molecule has 2 aromatic rings. The van der Waals surface area contributed by atoms with Gasteiger partial charge in [0.15, 0.2) is 11.5 Å². The van der Waals surface area contributed by atoms with Crippen molar-refractivity contribution in [3.05, 3.63) is 46.5 Å². The summed E-state index contributed by atoms with van der Waals surface area (Å²) < 4.78 is 40.2. The zero-order chi connectivity index (χ0) is 23.6. The number of amides is 1. The number of nitrogens with zero attached hydrogens (tertiary/aromatic N) is 2. The van der Waals surface area contributed by atoms with Crippen LogP contribution in [0.1, 0.15) is 41.6 Å². The number of methoxy groups -OCH3 is 2. The van der Waals surface area contributed by atoms with Gasteiger partial charge in [-0.05, 0) is 49.1 Å². The van der Waals surface area contributed by atoms with Crippen molar-refractivity contribution < 1.29 is 22.7 Å². The lowest BCUT2D eigenvalue weighted by Gasteiger charge is -2.30. The Morgan fingerprint density at radius 1 is 1.12 bits per heavy atom. The number of amidine groups is 1. The van der Waals surface area contributed by atoms with Gasteiger partial charge >= 0.3 is 0 Å². The lowest BCUT2D eigenvalue weighted by atomic mass is 10.1. The predicted octanol–water partition coefficient (Wildman–Crippen LogP) is 3.81. The Kier molecular flexibility index (Phi) is 6.81. The first-order valence-electron chi connectivity index (χ1n) is 10.8. The maximum atomic E-state index is 12.8. The van der Waals surface area contributed by atoms with E-state index in [0.29, 0.717) is 49.0 Å². The molecule has 1 N–H and O–H groups in total. The third-order valence-electron chi connectivity index (χ3n) is 5.83. The van der Waals surface area contributed by atoms with Gasteiger partial charge in [0.05, 0.1) is 30.5 Å². The fraction of sp³-hybridized carbons (Fsp3) is 0.391. The molecule has 1 fully saturated rings. The SMILES string of the molecule is COc1ccc(CCNC(=O)c2cc3c(cc2Cl)N2CCCCCC2=NS3(=O)=O)cc1OC. The average molecular weight is 492 g/mol. The quantitative estimate of drug-likeness (QED) is 0.660. The number of benzene rings is 2. The lowest BCUT2D eigenvalue weighted by Crippen LogP contribution is -2.35. The van der Waals surface area contributed by atoms with Crippen LogP contribution >= 0.6 is 11.6 Å². The summed E-state index contributed by atoms with van der Waals surface area (Å²) in [6, 6.07) is 8.45. The van der Waals surface area contributed by atoms with Crippen LogP contribution in [0.2, 0.25) is 5.02 Å². The van der Waals surface area contributed by atoms with E-state index in [-0.39, 0.29) is 15.5 Å². The number of fused-ring (bicyclic) bond motifs is 3. The summed E-state index contributed by atoms with van der Waals surface area (Å²) in [5.74, 6) is 1.34. The zero-order valence-corrected chi connectivity index (χ0v) is 20.1. The van der Waals surface area contributed by atoms with Crippen molar-refractivity contribution in [2.75, 3.05) is 32.2 Å². The molecule has 0 radical (unpaired) electrons. The summed E-state index contributed by atoms with van der Waals surface area (Å²) in [6.07, 6.45) is 4.01. The molecule has 0 spiro atoms. The summed E-state index contributed by atoms with van der Waals surface area (Å²) in [5.41, 5.74) is 1.56. The molecule has 176 valence electrons. The molecule has 0 saturated carbocycles. The van der Waals surface area contributed by atoms with Crippen LogP contribution in [-0.2, 0) is 16.4 Å². The third-order valence-corrected chi connectivity index (χ3v) is 7.47. The van der Waals surface area contributed by atoms with Crippen LogP contribution in [0.4, 0.5) is 5.69 Å². The van der Waals surface area contributed by atoms with Crippen LogP contribution in [-0.4, -0.2) is 47.5 Å². The van der Waals surface area contributed by atoms with Crippen molar-refractivity contribution in [1.82, 2.24) is 5.32 Å². The van der Waals surface area contributed by atoms with Crippen molar-refractivity contribution in [2.24, 2.45) is 4.40 Å². The highest BCUT2D eigenvalue weighted by molar-refractivity contribution is 7.90. The topological polar surface area (TPSA) is 97.3 Å². The van der Waals surface area contributed by atoms with Gasteiger partial charge in [0, 0.05) is 19.5 Å². The van der Waals surface area contributed by atoms with Crippen molar-refractivity contribution in [3.8, 4) is 11.5 Å². The molecule has 2 heterocycles. The molecule has 0 atom stereocenters. The largest absolute Gasteiger partial charge is 0.493 e. The molecule has 0 bridgehead atoms. The van der Waals surface area contributed by atoms with E-state index in [0.717, 1.165) is 24.8 Å². The molecule has 10 heteroatoms. The monoisotopic (exact) mass is 491 g/mol. The smallest absolute Gasteiger partial charge is 0.286 e. The minimum Gasteiger partial charge on any atom is -0.493 e. The second-order valence-electron chi connectivity index (χ2n) is 7.94. The van der Waals surface area contributed by atoms with Gasteiger partial charge in [0.25, 0.3) is 15.9 Å². The average Bonchev–Trinajstić information content (AvgIpc) is 3.03. The first kappa shape index (κ1) is 23.4. The molecule has 33 heavy (non-hydrogen) atoms. The lowest BCUT2D eigenvalue weighted by molar-refractivity contribution is 0.0954. The van der Waals surface area contributed by atoms with Gasteiger partial charge in [0.1, 0.15) is 10.7 Å². The van der Waals surface area contributed by atoms with E-state index in [1.165, 1.54) is 6.07 Å². The van der Waals surface area contributed by atoms with Crippen LogP contribution in [0, 0.1) is 0 Å². The van der Waals surface area contributed by atoms with E-state index in [1.807, 2.05) is 17.0 Å². The number of hydrogen-bond acceptors (Lipinski definition) is 6. The fourth-order valence-electron chi connectivity index (χ4n) is 4.12. The van der Waals surface area contributed by atoms with E-state index in [4.69, 9.17) is 21.1 Å². The molecule has 4 rings (SSSR count). The summed E-state index contributed by atoms with van der Waals surface area (Å²) in [5, 5.41) is 3.02. The van der Waals surface area contributed by atoms with Gasteiger partial charge in [-0.25, -0.2) is 0 Å². The summed E-state index contributed by atoms with van der Waals surface area (Å²) >= 11 is 6.44. The number of hydrogen-bond donors (Lipinski definition) is 1. The highest BCUT2D eigenvalue weighted by Gasteiger charge is 2.33. The Morgan fingerprint density at radius 3 is 2.67 bits per heavy atom. The van der Waals surface area contributed by atoms with E-state index in [1.54, 1.807) is 26.4 Å². The van der Waals surface area contributed by atoms with E-state index >= 15 is 0 Å². The van der Waals surface area contributed by atoms with Crippen LogP contribution in [0.25, 0.3) is 0 Å². The van der Waals surface area contributed by atoms with Crippen LogP contribution in [0.15, 0.2) is 39.6 Å². The Balaban J connectivity index is 1.52.